The smallest absolute Gasteiger partial charge is 0.0823 e. The summed E-state index contributed by atoms with van der Waals surface area (Å²) >= 11 is 0. The van der Waals surface area contributed by atoms with E-state index >= 15 is 0 Å². The maximum atomic E-state index is 10.3. The van der Waals surface area contributed by atoms with Gasteiger partial charge >= 0.3 is 0 Å². The van der Waals surface area contributed by atoms with E-state index in [1.165, 1.54) is 19.3 Å². The van der Waals surface area contributed by atoms with Crippen LogP contribution >= 0.6 is 0 Å². The second kappa shape index (κ2) is 10.1. The second-order valence-corrected chi connectivity index (χ2v) is 4.90. The average molecular weight is 230 g/mol. The van der Waals surface area contributed by atoms with E-state index in [9.17, 15) is 5.11 Å². The fourth-order valence-electron chi connectivity index (χ4n) is 1.49. The molecule has 0 rings (SSSR count). The Balaban J connectivity index is 3.38. The van der Waals surface area contributed by atoms with E-state index in [4.69, 9.17) is 4.74 Å². The minimum absolute atomic E-state index is 0.0130. The van der Waals surface area contributed by atoms with Crippen molar-refractivity contribution in [1.82, 2.24) is 5.32 Å². The van der Waals surface area contributed by atoms with E-state index in [1.807, 2.05) is 0 Å². The molecule has 97 valence electrons. The normalized spacial score (nSPS) is 12.0. The van der Waals surface area contributed by atoms with Gasteiger partial charge in [-0.2, -0.15) is 0 Å². The van der Waals surface area contributed by atoms with Crippen LogP contribution in [0.25, 0.3) is 0 Å². The van der Waals surface area contributed by atoms with Gasteiger partial charge in [0.15, 0.2) is 0 Å². The van der Waals surface area contributed by atoms with E-state index in [0.29, 0.717) is 6.61 Å². The van der Waals surface area contributed by atoms with Crippen molar-refractivity contribution in [2.75, 3.05) is 26.3 Å². The summed E-state index contributed by atoms with van der Waals surface area (Å²) < 4.78 is 5.74. The van der Waals surface area contributed by atoms with E-state index in [1.54, 1.807) is 0 Å². The summed E-state index contributed by atoms with van der Waals surface area (Å²) in [6, 6.07) is 0. The molecule has 16 heavy (non-hydrogen) atoms. The summed E-state index contributed by atoms with van der Waals surface area (Å²) in [5.74, 6) is 0. The van der Waals surface area contributed by atoms with Gasteiger partial charge in [0, 0.05) is 13.2 Å². The van der Waals surface area contributed by atoms with Gasteiger partial charge in [-0.05, 0) is 39.7 Å². The highest BCUT2D eigenvalue weighted by molar-refractivity contribution is 4.71. The summed E-state index contributed by atoms with van der Waals surface area (Å²) in [5.41, 5.74) is -0.116. The standard InChI is InChI=1S/C13H28NO2/c1-4-5-6-9-14-12-13(2,3)16-11-8-7-10-15/h14H,4-12H2,1-3H3. The van der Waals surface area contributed by atoms with Crippen molar-refractivity contribution >= 4 is 0 Å². The highest BCUT2D eigenvalue weighted by atomic mass is 16.5. The molecule has 3 heteroatoms. The van der Waals surface area contributed by atoms with Gasteiger partial charge < -0.3 is 10.1 Å². The molecule has 0 heterocycles. The van der Waals surface area contributed by atoms with E-state index in [2.05, 4.69) is 26.1 Å². The zero-order valence-electron chi connectivity index (χ0n) is 11.2. The van der Waals surface area contributed by atoms with Crippen LogP contribution in [0.3, 0.4) is 0 Å². The van der Waals surface area contributed by atoms with Gasteiger partial charge in [-0.25, -0.2) is 5.11 Å². The van der Waals surface area contributed by atoms with Crippen LogP contribution in [0.15, 0.2) is 0 Å². The molecule has 0 atom stereocenters. The summed E-state index contributed by atoms with van der Waals surface area (Å²) in [4.78, 5) is 0. The van der Waals surface area contributed by atoms with Crippen LogP contribution in [-0.4, -0.2) is 31.9 Å². The van der Waals surface area contributed by atoms with Gasteiger partial charge in [0.05, 0.1) is 12.2 Å². The number of unbranched alkanes of at least 4 members (excludes halogenated alkanes) is 3. The SMILES string of the molecule is CCCCCNCC(C)(C)OCCCC[O]. The van der Waals surface area contributed by atoms with Gasteiger partial charge in [-0.15, -0.1) is 0 Å². The molecule has 0 fully saturated rings. The molecule has 0 unspecified atom stereocenters. The fraction of sp³-hybridized carbons (Fsp3) is 1.00. The molecule has 3 nitrogen and oxygen atoms in total. The third-order valence-electron chi connectivity index (χ3n) is 2.54. The summed E-state index contributed by atoms with van der Waals surface area (Å²) in [5, 5.41) is 13.7. The van der Waals surface area contributed by atoms with Crippen molar-refractivity contribution in [2.45, 2.75) is 58.5 Å². The Morgan fingerprint density at radius 1 is 1.12 bits per heavy atom. The number of nitrogens with one attached hydrogen (secondary N) is 1. The molecule has 0 amide bonds. The molecule has 0 bridgehead atoms. The first-order valence-electron chi connectivity index (χ1n) is 6.55. The monoisotopic (exact) mass is 230 g/mol. The first kappa shape index (κ1) is 15.9. The predicted octanol–water partition coefficient (Wildman–Crippen LogP) is 2.77. The van der Waals surface area contributed by atoms with Crippen LogP contribution in [0.4, 0.5) is 0 Å². The molecule has 0 saturated heterocycles. The summed E-state index contributed by atoms with van der Waals surface area (Å²) in [6.07, 6.45) is 5.39. The van der Waals surface area contributed by atoms with Gasteiger partial charge in [-0.3, -0.25) is 0 Å². The van der Waals surface area contributed by atoms with Crippen molar-refractivity contribution in [2.24, 2.45) is 0 Å². The molecule has 1 radical (unpaired) electrons. The molecule has 0 aliphatic heterocycles. The largest absolute Gasteiger partial charge is 0.374 e. The fourth-order valence-corrected chi connectivity index (χ4v) is 1.49. The Morgan fingerprint density at radius 2 is 1.88 bits per heavy atom. The lowest BCUT2D eigenvalue weighted by molar-refractivity contribution is -0.0196. The van der Waals surface area contributed by atoms with E-state index in [-0.39, 0.29) is 12.2 Å². The lowest BCUT2D eigenvalue weighted by Crippen LogP contribution is -2.38. The maximum Gasteiger partial charge on any atom is 0.0823 e. The highest BCUT2D eigenvalue weighted by Crippen LogP contribution is 2.08. The van der Waals surface area contributed by atoms with Crippen molar-refractivity contribution in [3.8, 4) is 0 Å². The minimum Gasteiger partial charge on any atom is -0.374 e. The molecule has 1 N–H and O–H groups in total. The lowest BCUT2D eigenvalue weighted by atomic mass is 10.1. The Hall–Kier alpha value is -0.120. The van der Waals surface area contributed by atoms with Crippen molar-refractivity contribution in [3.63, 3.8) is 0 Å². The highest BCUT2D eigenvalue weighted by Gasteiger charge is 2.16. The molecule has 0 aliphatic carbocycles. The van der Waals surface area contributed by atoms with Gasteiger partial charge in [0.1, 0.15) is 0 Å². The molecule has 0 aliphatic rings. The van der Waals surface area contributed by atoms with Gasteiger partial charge in [0.25, 0.3) is 0 Å². The first-order valence-corrected chi connectivity index (χ1v) is 6.55. The Kier molecular flexibility index (Phi) is 9.99. The molecule has 0 saturated carbocycles. The van der Waals surface area contributed by atoms with Crippen LogP contribution in [0.5, 0.6) is 0 Å². The first-order chi connectivity index (χ1) is 7.62. The van der Waals surface area contributed by atoms with Crippen LogP contribution in [0.2, 0.25) is 0 Å². The molecule has 0 spiro atoms. The van der Waals surface area contributed by atoms with Crippen LogP contribution in [0, 0.1) is 0 Å². The topological polar surface area (TPSA) is 41.2 Å². The Morgan fingerprint density at radius 3 is 2.50 bits per heavy atom. The minimum atomic E-state index is -0.116. The maximum absolute atomic E-state index is 10.3. The van der Waals surface area contributed by atoms with Crippen molar-refractivity contribution in [1.29, 1.82) is 0 Å². The zero-order chi connectivity index (χ0) is 12.3. The predicted molar refractivity (Wildman–Crippen MR) is 67.2 cm³/mol. The lowest BCUT2D eigenvalue weighted by Gasteiger charge is -2.25. The third-order valence-corrected chi connectivity index (χ3v) is 2.54. The van der Waals surface area contributed by atoms with E-state index in [0.717, 1.165) is 25.9 Å². The molecule has 0 aromatic carbocycles. The van der Waals surface area contributed by atoms with Crippen LogP contribution < -0.4 is 5.32 Å². The van der Waals surface area contributed by atoms with Crippen molar-refractivity contribution in [3.05, 3.63) is 0 Å². The third kappa shape index (κ3) is 10.4. The Bertz CT molecular complexity index is 149. The molecular weight excluding hydrogens is 202 g/mol. The zero-order valence-corrected chi connectivity index (χ0v) is 11.2. The average Bonchev–Trinajstić information content (AvgIpc) is 2.24. The summed E-state index contributed by atoms with van der Waals surface area (Å²) in [7, 11) is 0. The van der Waals surface area contributed by atoms with Gasteiger partial charge in [-0.1, -0.05) is 19.8 Å². The van der Waals surface area contributed by atoms with Crippen LogP contribution in [0.1, 0.15) is 52.9 Å². The van der Waals surface area contributed by atoms with Gasteiger partial charge in [0.2, 0.25) is 0 Å². The number of rotatable bonds is 11. The van der Waals surface area contributed by atoms with Crippen molar-refractivity contribution < 1.29 is 9.84 Å². The second-order valence-electron chi connectivity index (χ2n) is 4.90. The van der Waals surface area contributed by atoms with E-state index < -0.39 is 0 Å². The molecule has 0 aromatic heterocycles. The number of ether oxygens (including phenoxy) is 1. The Labute approximate surface area is 101 Å². The van der Waals surface area contributed by atoms with Crippen LogP contribution in [-0.2, 0) is 9.84 Å². The molecular formula is C13H28NO2. The number of hydrogen-bond acceptors (Lipinski definition) is 2. The summed E-state index contributed by atoms with van der Waals surface area (Å²) in [6.45, 7) is 9.07. The number of hydrogen-bond donors (Lipinski definition) is 1. The quantitative estimate of drug-likeness (QED) is 0.554. The molecule has 0 aromatic rings.